The fourth-order valence-corrected chi connectivity index (χ4v) is 3.61. The van der Waals surface area contributed by atoms with Crippen molar-refractivity contribution in [2.24, 2.45) is 0 Å². The van der Waals surface area contributed by atoms with E-state index in [2.05, 4.69) is 10.0 Å². The Kier molecular flexibility index (Phi) is 5.04. The predicted molar refractivity (Wildman–Crippen MR) is 69.7 cm³/mol. The molecule has 9 heteroatoms. The third-order valence-electron chi connectivity index (χ3n) is 2.16. The minimum absolute atomic E-state index is 0.101. The van der Waals surface area contributed by atoms with Crippen molar-refractivity contribution in [1.82, 2.24) is 10.0 Å². The van der Waals surface area contributed by atoms with Crippen LogP contribution in [0.15, 0.2) is 15.7 Å². The zero-order valence-corrected chi connectivity index (χ0v) is 12.0. The smallest absolute Gasteiger partial charge is 0.336 e. The molecule has 0 aliphatic rings. The van der Waals surface area contributed by atoms with E-state index < -0.39 is 27.9 Å². The van der Waals surface area contributed by atoms with Gasteiger partial charge in [0.25, 0.3) is 10.0 Å². The number of carboxylic acids is 1. The van der Waals surface area contributed by atoms with E-state index >= 15 is 0 Å². The lowest BCUT2D eigenvalue weighted by Crippen LogP contribution is -2.44. The van der Waals surface area contributed by atoms with E-state index in [4.69, 9.17) is 5.11 Å². The molecule has 1 amide bonds. The number of likely N-dealkylation sites (N-methyl/N-ethyl adjacent to an activating group) is 1. The molecule has 0 saturated heterocycles. The van der Waals surface area contributed by atoms with Crippen LogP contribution in [0.5, 0.6) is 0 Å². The van der Waals surface area contributed by atoms with Crippen LogP contribution in [-0.4, -0.2) is 38.0 Å². The number of nitrogens with one attached hydrogen (secondary N) is 2. The van der Waals surface area contributed by atoms with Gasteiger partial charge >= 0.3 is 5.97 Å². The van der Waals surface area contributed by atoms with Gasteiger partial charge in [0.15, 0.2) is 0 Å². The molecular weight excluding hydrogens is 292 g/mol. The molecule has 7 nitrogen and oxygen atoms in total. The van der Waals surface area contributed by atoms with Crippen LogP contribution in [0.2, 0.25) is 0 Å². The minimum Gasteiger partial charge on any atom is -0.478 e. The third kappa shape index (κ3) is 4.01. The summed E-state index contributed by atoms with van der Waals surface area (Å²) >= 11 is 0.789. The number of amides is 1. The van der Waals surface area contributed by atoms with Crippen LogP contribution in [0, 0.1) is 0 Å². The van der Waals surface area contributed by atoms with Crippen molar-refractivity contribution < 1.29 is 23.1 Å². The Hall–Kier alpha value is -1.45. The number of hydrogen-bond acceptors (Lipinski definition) is 5. The summed E-state index contributed by atoms with van der Waals surface area (Å²) in [6.07, 6.45) is 0. The molecule has 0 aliphatic carbocycles. The van der Waals surface area contributed by atoms with Gasteiger partial charge in [0.1, 0.15) is 4.21 Å². The van der Waals surface area contributed by atoms with Crippen LogP contribution in [-0.2, 0) is 14.8 Å². The lowest BCUT2D eigenvalue weighted by atomic mass is 10.3. The molecule has 1 heterocycles. The highest BCUT2D eigenvalue weighted by Crippen LogP contribution is 2.20. The van der Waals surface area contributed by atoms with Gasteiger partial charge in [-0.3, -0.25) is 4.79 Å². The molecule has 1 aromatic rings. The van der Waals surface area contributed by atoms with Crippen LogP contribution < -0.4 is 10.0 Å². The number of hydrogen-bond donors (Lipinski definition) is 3. The van der Waals surface area contributed by atoms with E-state index in [1.807, 2.05) is 0 Å². The van der Waals surface area contributed by atoms with E-state index in [-0.39, 0.29) is 9.77 Å². The van der Waals surface area contributed by atoms with Crippen LogP contribution in [0.3, 0.4) is 0 Å². The molecule has 0 fully saturated rings. The number of carboxylic acid groups (broad SMARTS) is 1. The van der Waals surface area contributed by atoms with E-state index in [9.17, 15) is 18.0 Å². The summed E-state index contributed by atoms with van der Waals surface area (Å²) in [5, 5.41) is 12.4. The van der Waals surface area contributed by atoms with Crippen molar-refractivity contribution in [2.75, 3.05) is 6.54 Å². The maximum atomic E-state index is 11.9. The normalized spacial score (nSPS) is 12.9. The lowest BCUT2D eigenvalue weighted by Gasteiger charge is -2.12. The zero-order valence-electron chi connectivity index (χ0n) is 10.3. The monoisotopic (exact) mass is 306 g/mol. The second kappa shape index (κ2) is 6.13. The first-order valence-corrected chi connectivity index (χ1v) is 7.76. The van der Waals surface area contributed by atoms with Crippen LogP contribution >= 0.6 is 11.3 Å². The number of rotatable bonds is 6. The minimum atomic E-state index is -3.89. The molecule has 1 rings (SSSR count). The topological polar surface area (TPSA) is 113 Å². The highest BCUT2D eigenvalue weighted by molar-refractivity contribution is 7.91. The first kappa shape index (κ1) is 15.6. The first-order chi connectivity index (χ1) is 8.77. The molecule has 1 unspecified atom stereocenters. The molecule has 1 atom stereocenters. The summed E-state index contributed by atoms with van der Waals surface area (Å²) in [6, 6.07) is 0.125. The van der Waals surface area contributed by atoms with E-state index in [0.717, 1.165) is 17.4 Å². The quantitative estimate of drug-likeness (QED) is 0.697. The van der Waals surface area contributed by atoms with E-state index in [1.165, 1.54) is 12.3 Å². The average molecular weight is 306 g/mol. The number of aromatic carboxylic acids is 1. The highest BCUT2D eigenvalue weighted by atomic mass is 32.2. The Labute approximate surface area is 114 Å². The summed E-state index contributed by atoms with van der Waals surface area (Å²) in [7, 11) is -3.89. The summed E-state index contributed by atoms with van der Waals surface area (Å²) < 4.78 is 25.9. The molecule has 106 valence electrons. The van der Waals surface area contributed by atoms with E-state index in [1.54, 1.807) is 6.92 Å². The van der Waals surface area contributed by atoms with Gasteiger partial charge in [0.05, 0.1) is 11.6 Å². The Bertz CT molecular complexity index is 578. The van der Waals surface area contributed by atoms with Crippen LogP contribution in [0.25, 0.3) is 0 Å². The second-order valence-corrected chi connectivity index (χ2v) is 6.55. The lowest BCUT2D eigenvalue weighted by molar-refractivity contribution is -0.122. The number of sulfonamides is 1. The Morgan fingerprint density at radius 3 is 2.58 bits per heavy atom. The van der Waals surface area contributed by atoms with Gasteiger partial charge in [0, 0.05) is 11.9 Å². The number of carbonyl (C=O) groups is 2. The van der Waals surface area contributed by atoms with Crippen molar-refractivity contribution in [3.8, 4) is 0 Å². The SMILES string of the molecule is CCNC(=O)C(C)NS(=O)(=O)c1cc(C(=O)O)cs1. The first-order valence-electron chi connectivity index (χ1n) is 5.39. The number of thiophene rings is 1. The van der Waals surface area contributed by atoms with Gasteiger partial charge in [-0.25, -0.2) is 13.2 Å². The molecule has 0 aliphatic heterocycles. The fraction of sp³-hybridized carbons (Fsp3) is 0.400. The van der Waals surface area contributed by atoms with Crippen molar-refractivity contribution in [2.45, 2.75) is 24.1 Å². The largest absolute Gasteiger partial charge is 0.478 e. The van der Waals surface area contributed by atoms with Gasteiger partial charge in [-0.15, -0.1) is 11.3 Å². The highest BCUT2D eigenvalue weighted by Gasteiger charge is 2.24. The van der Waals surface area contributed by atoms with Crippen molar-refractivity contribution in [3.63, 3.8) is 0 Å². The maximum Gasteiger partial charge on any atom is 0.336 e. The van der Waals surface area contributed by atoms with Gasteiger partial charge < -0.3 is 10.4 Å². The predicted octanol–water partition coefficient (Wildman–Crippen LogP) is 0.249. The zero-order chi connectivity index (χ0) is 14.6. The Balaban J connectivity index is 2.86. The fourth-order valence-electron chi connectivity index (χ4n) is 1.24. The maximum absolute atomic E-state index is 11.9. The standard InChI is InChI=1S/C10H14N2O5S2/c1-3-11-9(13)6(2)12-19(16,17)8-4-7(5-18-8)10(14)15/h4-6,12H,3H2,1-2H3,(H,11,13)(H,14,15). The molecule has 0 spiro atoms. The molecule has 0 radical (unpaired) electrons. The molecule has 0 saturated carbocycles. The number of carbonyl (C=O) groups excluding carboxylic acids is 1. The van der Waals surface area contributed by atoms with Crippen molar-refractivity contribution >= 4 is 33.2 Å². The molecule has 19 heavy (non-hydrogen) atoms. The van der Waals surface area contributed by atoms with Crippen LogP contribution in [0.1, 0.15) is 24.2 Å². The summed E-state index contributed by atoms with van der Waals surface area (Å²) in [6.45, 7) is 3.53. The summed E-state index contributed by atoms with van der Waals surface area (Å²) in [4.78, 5) is 22.1. The average Bonchev–Trinajstić information content (AvgIpc) is 2.78. The third-order valence-corrected chi connectivity index (χ3v) is 5.14. The van der Waals surface area contributed by atoms with Crippen molar-refractivity contribution in [1.29, 1.82) is 0 Å². The molecule has 0 aromatic carbocycles. The molecular formula is C10H14N2O5S2. The molecule has 1 aromatic heterocycles. The van der Waals surface area contributed by atoms with Crippen LogP contribution in [0.4, 0.5) is 0 Å². The molecule has 0 bridgehead atoms. The van der Waals surface area contributed by atoms with Crippen molar-refractivity contribution in [3.05, 3.63) is 17.0 Å². The van der Waals surface area contributed by atoms with Gasteiger partial charge in [-0.2, -0.15) is 4.72 Å². The Morgan fingerprint density at radius 1 is 1.47 bits per heavy atom. The summed E-state index contributed by atoms with van der Waals surface area (Å²) in [5.74, 6) is -1.64. The van der Waals surface area contributed by atoms with Gasteiger partial charge in [-0.05, 0) is 19.9 Å². The van der Waals surface area contributed by atoms with Gasteiger partial charge in [-0.1, -0.05) is 0 Å². The van der Waals surface area contributed by atoms with E-state index in [0.29, 0.717) is 6.54 Å². The Morgan fingerprint density at radius 2 is 2.11 bits per heavy atom. The van der Waals surface area contributed by atoms with Gasteiger partial charge in [0.2, 0.25) is 5.91 Å². The molecule has 3 N–H and O–H groups in total. The second-order valence-electron chi connectivity index (χ2n) is 3.70. The summed E-state index contributed by atoms with van der Waals surface area (Å²) in [5.41, 5.74) is -0.101.